The molecule has 0 radical (unpaired) electrons. The molecule has 1 aromatic carbocycles. The quantitative estimate of drug-likeness (QED) is 0.921. The zero-order valence-corrected chi connectivity index (χ0v) is 13.9. The third kappa shape index (κ3) is 4.33. The summed E-state index contributed by atoms with van der Waals surface area (Å²) in [6.07, 6.45) is 0. The van der Waals surface area contributed by atoms with E-state index in [1.54, 1.807) is 7.11 Å². The van der Waals surface area contributed by atoms with Crippen LogP contribution in [0.4, 0.5) is 0 Å². The smallest absolute Gasteiger partial charge is 0.228 e. The van der Waals surface area contributed by atoms with Gasteiger partial charge in [0, 0.05) is 31.8 Å². The van der Waals surface area contributed by atoms with Gasteiger partial charge in [0.15, 0.2) is 0 Å². The van der Waals surface area contributed by atoms with Crippen LogP contribution in [0.15, 0.2) is 24.3 Å². The van der Waals surface area contributed by atoms with Crippen molar-refractivity contribution < 1.29 is 9.53 Å². The van der Waals surface area contributed by atoms with Gasteiger partial charge in [0.2, 0.25) is 5.91 Å². The second kappa shape index (κ2) is 8.59. The minimum absolute atomic E-state index is 0. The summed E-state index contributed by atoms with van der Waals surface area (Å²) in [7, 11) is 1.62. The number of piperazine rings is 1. The van der Waals surface area contributed by atoms with E-state index in [9.17, 15) is 4.79 Å². The second-order valence-corrected chi connectivity index (χ2v) is 5.54. The Morgan fingerprint density at radius 1 is 1.52 bits per heavy atom. The van der Waals surface area contributed by atoms with Crippen LogP contribution in [0.5, 0.6) is 0 Å². The predicted octanol–water partition coefficient (Wildman–Crippen LogP) is 2.52. The van der Waals surface area contributed by atoms with Crippen molar-refractivity contribution in [3.05, 3.63) is 34.9 Å². The van der Waals surface area contributed by atoms with Crippen LogP contribution in [-0.2, 0) is 9.53 Å². The van der Waals surface area contributed by atoms with E-state index in [2.05, 4.69) is 5.32 Å². The summed E-state index contributed by atoms with van der Waals surface area (Å²) in [5.41, 5.74) is 0.999. The van der Waals surface area contributed by atoms with Crippen molar-refractivity contribution in [3.63, 3.8) is 0 Å². The van der Waals surface area contributed by atoms with E-state index in [4.69, 9.17) is 16.3 Å². The topological polar surface area (TPSA) is 41.6 Å². The van der Waals surface area contributed by atoms with Crippen LogP contribution in [0.25, 0.3) is 0 Å². The molecular weight excluding hydrogens is 311 g/mol. The highest BCUT2D eigenvalue weighted by atomic mass is 35.5. The zero-order valence-electron chi connectivity index (χ0n) is 12.3. The molecule has 0 bridgehead atoms. The number of carbonyl (C=O) groups is 1. The normalized spacial score (nSPS) is 19.8. The number of hydrogen-bond acceptors (Lipinski definition) is 3. The van der Waals surface area contributed by atoms with Crippen molar-refractivity contribution in [2.24, 2.45) is 5.92 Å². The van der Waals surface area contributed by atoms with Crippen molar-refractivity contribution in [1.29, 1.82) is 0 Å². The summed E-state index contributed by atoms with van der Waals surface area (Å²) in [5, 5.41) is 4.04. The fourth-order valence-corrected chi connectivity index (χ4v) is 2.86. The lowest BCUT2D eigenvalue weighted by molar-refractivity contribution is -0.140. The molecular formula is C15H22Cl2N2O2. The highest BCUT2D eigenvalue weighted by Crippen LogP contribution is 2.29. The van der Waals surface area contributed by atoms with Gasteiger partial charge in [-0.15, -0.1) is 12.4 Å². The summed E-state index contributed by atoms with van der Waals surface area (Å²) < 4.78 is 5.09. The number of halogens is 2. The van der Waals surface area contributed by atoms with Crippen LogP contribution < -0.4 is 5.32 Å². The largest absolute Gasteiger partial charge is 0.384 e. The van der Waals surface area contributed by atoms with Crippen molar-refractivity contribution in [2.45, 2.75) is 13.0 Å². The molecule has 1 aliphatic rings. The van der Waals surface area contributed by atoms with Gasteiger partial charge in [-0.25, -0.2) is 0 Å². The first-order valence-electron chi connectivity index (χ1n) is 6.89. The van der Waals surface area contributed by atoms with E-state index in [-0.39, 0.29) is 30.3 Å². The number of methoxy groups -OCH3 is 1. The van der Waals surface area contributed by atoms with E-state index in [1.165, 1.54) is 0 Å². The Balaban J connectivity index is 0.00000220. The fourth-order valence-electron chi connectivity index (χ4n) is 2.60. The summed E-state index contributed by atoms with van der Waals surface area (Å²) in [5.74, 6) is -0.0126. The maximum Gasteiger partial charge on any atom is 0.228 e. The summed E-state index contributed by atoms with van der Waals surface area (Å²) >= 11 is 6.28. The average Bonchev–Trinajstić information content (AvgIpc) is 2.47. The molecule has 0 saturated carbocycles. The lowest BCUT2D eigenvalue weighted by Crippen LogP contribution is -2.50. The van der Waals surface area contributed by atoms with Gasteiger partial charge < -0.3 is 15.0 Å². The number of ether oxygens (including phenoxy) is 1. The van der Waals surface area contributed by atoms with Crippen LogP contribution in [-0.4, -0.2) is 44.2 Å². The number of benzene rings is 1. The number of hydrogen-bond donors (Lipinski definition) is 1. The lowest BCUT2D eigenvalue weighted by atomic mass is 10.0. The number of nitrogens with zero attached hydrogens (tertiary/aromatic N) is 1. The average molecular weight is 333 g/mol. The molecule has 1 aromatic rings. The first-order chi connectivity index (χ1) is 9.65. The van der Waals surface area contributed by atoms with Crippen molar-refractivity contribution in [1.82, 2.24) is 10.2 Å². The van der Waals surface area contributed by atoms with Gasteiger partial charge in [-0.05, 0) is 11.6 Å². The minimum atomic E-state index is -0.136. The highest BCUT2D eigenvalue weighted by molar-refractivity contribution is 6.31. The lowest BCUT2D eigenvalue weighted by Gasteiger charge is -2.38. The monoisotopic (exact) mass is 332 g/mol. The zero-order chi connectivity index (χ0) is 14.5. The molecule has 1 aliphatic heterocycles. The molecule has 2 unspecified atom stereocenters. The van der Waals surface area contributed by atoms with Gasteiger partial charge in [-0.1, -0.05) is 36.7 Å². The Morgan fingerprint density at radius 3 is 2.90 bits per heavy atom. The number of nitrogens with one attached hydrogen (secondary N) is 1. The van der Waals surface area contributed by atoms with E-state index < -0.39 is 0 Å². The molecule has 6 heteroatoms. The number of amides is 1. The number of rotatable bonds is 4. The SMILES string of the molecule is COCC(C)C(=O)N1CCNCC1c1ccccc1Cl.Cl. The Kier molecular flexibility index (Phi) is 7.46. The molecule has 0 aromatic heterocycles. The molecule has 118 valence electrons. The Labute approximate surface area is 137 Å². The van der Waals surface area contributed by atoms with Gasteiger partial charge in [0.1, 0.15) is 0 Å². The predicted molar refractivity (Wildman–Crippen MR) is 87.1 cm³/mol. The molecule has 1 saturated heterocycles. The van der Waals surface area contributed by atoms with Gasteiger partial charge >= 0.3 is 0 Å². The van der Waals surface area contributed by atoms with Crippen LogP contribution >= 0.6 is 24.0 Å². The summed E-state index contributed by atoms with van der Waals surface area (Å²) in [6, 6.07) is 7.71. The number of carbonyl (C=O) groups excluding carboxylic acids is 1. The molecule has 1 amide bonds. The maximum atomic E-state index is 12.6. The first-order valence-corrected chi connectivity index (χ1v) is 7.27. The third-order valence-electron chi connectivity index (χ3n) is 3.63. The van der Waals surface area contributed by atoms with Crippen molar-refractivity contribution >= 4 is 29.9 Å². The Morgan fingerprint density at radius 2 is 2.24 bits per heavy atom. The van der Waals surface area contributed by atoms with Crippen molar-refractivity contribution in [3.8, 4) is 0 Å². The molecule has 2 atom stereocenters. The van der Waals surface area contributed by atoms with Crippen LogP contribution in [0.1, 0.15) is 18.5 Å². The second-order valence-electron chi connectivity index (χ2n) is 5.13. The van der Waals surface area contributed by atoms with Crippen LogP contribution in [0, 0.1) is 5.92 Å². The molecule has 1 N–H and O–H groups in total. The molecule has 1 fully saturated rings. The summed E-state index contributed by atoms with van der Waals surface area (Å²) in [4.78, 5) is 14.5. The van der Waals surface area contributed by atoms with Gasteiger partial charge in [0.05, 0.1) is 18.6 Å². The van der Waals surface area contributed by atoms with E-state index >= 15 is 0 Å². The maximum absolute atomic E-state index is 12.6. The van der Waals surface area contributed by atoms with E-state index in [0.717, 1.165) is 18.7 Å². The van der Waals surface area contributed by atoms with Crippen LogP contribution in [0.3, 0.4) is 0 Å². The van der Waals surface area contributed by atoms with Gasteiger partial charge in [-0.3, -0.25) is 4.79 Å². The fraction of sp³-hybridized carbons (Fsp3) is 0.533. The molecule has 0 spiro atoms. The van der Waals surface area contributed by atoms with Crippen molar-refractivity contribution in [2.75, 3.05) is 33.4 Å². The molecule has 4 nitrogen and oxygen atoms in total. The first kappa shape index (κ1) is 18.2. The van der Waals surface area contributed by atoms with E-state index in [0.29, 0.717) is 18.2 Å². The Hall–Kier alpha value is -0.810. The molecule has 0 aliphatic carbocycles. The van der Waals surface area contributed by atoms with Crippen LogP contribution in [0.2, 0.25) is 5.02 Å². The standard InChI is InChI=1S/C15H21ClN2O2.ClH/c1-11(10-20-2)15(19)18-8-7-17-9-14(18)12-5-3-4-6-13(12)16;/h3-6,11,14,17H,7-10H2,1-2H3;1H. The third-order valence-corrected chi connectivity index (χ3v) is 3.97. The van der Waals surface area contributed by atoms with E-state index in [1.807, 2.05) is 36.1 Å². The summed E-state index contributed by atoms with van der Waals surface area (Å²) in [6.45, 7) is 4.58. The molecule has 21 heavy (non-hydrogen) atoms. The molecule has 1 heterocycles. The minimum Gasteiger partial charge on any atom is -0.384 e. The van der Waals surface area contributed by atoms with Gasteiger partial charge in [-0.2, -0.15) is 0 Å². The Bertz CT molecular complexity index is 471. The highest BCUT2D eigenvalue weighted by Gasteiger charge is 2.31. The van der Waals surface area contributed by atoms with Gasteiger partial charge in [0.25, 0.3) is 0 Å². The molecule has 2 rings (SSSR count).